The number of benzene rings is 2. The summed E-state index contributed by atoms with van der Waals surface area (Å²) in [6, 6.07) is 20.3. The summed E-state index contributed by atoms with van der Waals surface area (Å²) in [6.45, 7) is 1.94. The first-order valence-electron chi connectivity index (χ1n) is 9.73. The van der Waals surface area contributed by atoms with Crippen molar-refractivity contribution in [2.45, 2.75) is 19.4 Å². The smallest absolute Gasteiger partial charge is 0.241 e. The van der Waals surface area contributed by atoms with Crippen LogP contribution in [0.25, 0.3) is 22.4 Å². The van der Waals surface area contributed by atoms with Gasteiger partial charge in [-0.25, -0.2) is 0 Å². The summed E-state index contributed by atoms with van der Waals surface area (Å²) in [5.41, 5.74) is 4.15. The highest BCUT2D eigenvalue weighted by atomic mass is 16.2. The number of unbranched alkanes of at least 4 members (excludes halogenated alkanes) is 1. The Labute approximate surface area is 167 Å². The molecule has 0 unspecified atom stereocenters. The summed E-state index contributed by atoms with van der Waals surface area (Å²) < 4.78 is 1.80. The van der Waals surface area contributed by atoms with Gasteiger partial charge in [-0.2, -0.15) is 5.10 Å². The molecule has 1 heterocycles. The molecule has 0 spiro atoms. The molecule has 0 aliphatic rings. The Balaban J connectivity index is 1.74. The van der Waals surface area contributed by atoms with Crippen molar-refractivity contribution in [3.05, 3.63) is 66.9 Å². The van der Waals surface area contributed by atoms with Crippen molar-refractivity contribution in [3.8, 4) is 22.4 Å². The van der Waals surface area contributed by atoms with Gasteiger partial charge in [-0.15, -0.1) is 0 Å². The fraction of sp³-hybridized carbons (Fsp3) is 0.304. The Morgan fingerprint density at radius 3 is 2.25 bits per heavy atom. The Morgan fingerprint density at radius 1 is 0.964 bits per heavy atom. The van der Waals surface area contributed by atoms with E-state index in [0.717, 1.165) is 41.8 Å². The van der Waals surface area contributed by atoms with Gasteiger partial charge in [0, 0.05) is 17.7 Å². The molecule has 146 valence electrons. The molecular formula is C23H28N4O. The van der Waals surface area contributed by atoms with E-state index < -0.39 is 0 Å². The lowest BCUT2D eigenvalue weighted by Gasteiger charge is -2.12. The molecular weight excluding hydrogens is 348 g/mol. The number of amides is 1. The Hall–Kier alpha value is -2.92. The number of carbonyl (C=O) groups is 1. The zero-order valence-corrected chi connectivity index (χ0v) is 16.6. The molecule has 0 fully saturated rings. The zero-order chi connectivity index (χ0) is 19.8. The van der Waals surface area contributed by atoms with Gasteiger partial charge >= 0.3 is 0 Å². The molecule has 3 aromatic rings. The summed E-state index contributed by atoms with van der Waals surface area (Å²) in [5.74, 6) is -0.00949. The minimum Gasteiger partial charge on any atom is -0.354 e. The Morgan fingerprint density at radius 2 is 1.61 bits per heavy atom. The van der Waals surface area contributed by atoms with Crippen molar-refractivity contribution in [3.63, 3.8) is 0 Å². The molecule has 2 aromatic carbocycles. The third-order valence-corrected chi connectivity index (χ3v) is 4.62. The number of hydrogen-bond donors (Lipinski definition) is 1. The number of nitrogens with one attached hydrogen (secondary N) is 1. The first kappa shape index (κ1) is 19.8. The predicted octanol–water partition coefficient (Wildman–Crippen LogP) is 3.68. The second-order valence-corrected chi connectivity index (χ2v) is 7.16. The van der Waals surface area contributed by atoms with Gasteiger partial charge in [-0.05, 0) is 39.0 Å². The van der Waals surface area contributed by atoms with Crippen LogP contribution >= 0.6 is 0 Å². The Kier molecular flexibility index (Phi) is 6.98. The maximum Gasteiger partial charge on any atom is 0.241 e. The van der Waals surface area contributed by atoms with Crippen LogP contribution in [-0.4, -0.2) is 47.8 Å². The van der Waals surface area contributed by atoms with Crippen molar-refractivity contribution in [1.82, 2.24) is 20.0 Å². The molecule has 0 atom stereocenters. The minimum absolute atomic E-state index is 0.00949. The number of carbonyl (C=O) groups excluding carboxylic acids is 1. The largest absolute Gasteiger partial charge is 0.354 e. The monoisotopic (exact) mass is 376 g/mol. The quantitative estimate of drug-likeness (QED) is 0.580. The van der Waals surface area contributed by atoms with Crippen molar-refractivity contribution < 1.29 is 4.79 Å². The summed E-state index contributed by atoms with van der Waals surface area (Å²) >= 11 is 0. The van der Waals surface area contributed by atoms with Gasteiger partial charge in [0.25, 0.3) is 0 Å². The molecule has 0 bridgehead atoms. The van der Waals surface area contributed by atoms with Crippen LogP contribution in [0, 0.1) is 0 Å². The van der Waals surface area contributed by atoms with Gasteiger partial charge in [0.15, 0.2) is 0 Å². The van der Waals surface area contributed by atoms with Gasteiger partial charge in [0.1, 0.15) is 6.54 Å². The van der Waals surface area contributed by atoms with E-state index in [-0.39, 0.29) is 12.5 Å². The summed E-state index contributed by atoms with van der Waals surface area (Å²) in [4.78, 5) is 14.6. The normalized spacial score (nSPS) is 11.0. The second kappa shape index (κ2) is 9.85. The first-order chi connectivity index (χ1) is 13.6. The molecule has 1 N–H and O–H groups in total. The van der Waals surface area contributed by atoms with E-state index in [1.54, 1.807) is 4.68 Å². The lowest BCUT2D eigenvalue weighted by Crippen LogP contribution is -2.29. The summed E-state index contributed by atoms with van der Waals surface area (Å²) in [7, 11) is 4.12. The average molecular weight is 377 g/mol. The van der Waals surface area contributed by atoms with Crippen LogP contribution in [0.1, 0.15) is 12.8 Å². The molecule has 5 nitrogen and oxygen atoms in total. The predicted molar refractivity (Wildman–Crippen MR) is 114 cm³/mol. The molecule has 1 aromatic heterocycles. The highest BCUT2D eigenvalue weighted by Crippen LogP contribution is 2.31. The molecule has 0 aliphatic heterocycles. The van der Waals surface area contributed by atoms with Crippen LogP contribution in [0.3, 0.4) is 0 Å². The third-order valence-electron chi connectivity index (χ3n) is 4.62. The highest BCUT2D eigenvalue weighted by molar-refractivity contribution is 5.82. The van der Waals surface area contributed by atoms with E-state index in [0.29, 0.717) is 6.54 Å². The minimum atomic E-state index is -0.00949. The number of rotatable bonds is 9. The zero-order valence-electron chi connectivity index (χ0n) is 16.6. The van der Waals surface area contributed by atoms with Gasteiger partial charge in [0.2, 0.25) is 5.91 Å². The summed E-state index contributed by atoms with van der Waals surface area (Å²) in [5, 5.41) is 7.54. The van der Waals surface area contributed by atoms with E-state index in [9.17, 15) is 4.79 Å². The van der Waals surface area contributed by atoms with E-state index in [1.807, 2.05) is 42.6 Å². The van der Waals surface area contributed by atoms with Crippen molar-refractivity contribution in [2.24, 2.45) is 0 Å². The van der Waals surface area contributed by atoms with E-state index >= 15 is 0 Å². The maximum absolute atomic E-state index is 12.5. The first-order valence-corrected chi connectivity index (χ1v) is 9.73. The molecule has 0 saturated carbocycles. The van der Waals surface area contributed by atoms with E-state index in [2.05, 4.69) is 53.7 Å². The number of nitrogens with zero attached hydrogens (tertiary/aromatic N) is 3. The lowest BCUT2D eigenvalue weighted by atomic mass is 10.0. The molecule has 3 rings (SSSR count). The highest BCUT2D eigenvalue weighted by Gasteiger charge is 2.16. The topological polar surface area (TPSA) is 50.2 Å². The van der Waals surface area contributed by atoms with Crippen LogP contribution in [0.5, 0.6) is 0 Å². The Bertz CT molecular complexity index is 872. The lowest BCUT2D eigenvalue weighted by molar-refractivity contribution is -0.121. The SMILES string of the molecule is CN(C)CCCCNC(=O)Cn1ncc(-c2ccccc2)c1-c1ccccc1. The maximum atomic E-state index is 12.5. The van der Waals surface area contributed by atoms with Crippen LogP contribution in [0.2, 0.25) is 0 Å². The standard InChI is InChI=1S/C23H28N4O/c1-26(2)16-10-9-15-24-22(28)18-27-23(20-13-7-4-8-14-20)21(17-25-27)19-11-5-3-6-12-19/h3-8,11-14,17H,9-10,15-16,18H2,1-2H3,(H,24,28). The van der Waals surface area contributed by atoms with Crippen LogP contribution in [0.4, 0.5) is 0 Å². The van der Waals surface area contributed by atoms with Crippen LogP contribution in [0.15, 0.2) is 66.9 Å². The molecule has 0 radical (unpaired) electrons. The van der Waals surface area contributed by atoms with Crippen molar-refractivity contribution in [1.29, 1.82) is 0 Å². The van der Waals surface area contributed by atoms with E-state index in [1.165, 1.54) is 0 Å². The fourth-order valence-corrected chi connectivity index (χ4v) is 3.21. The number of aromatic nitrogens is 2. The summed E-state index contributed by atoms with van der Waals surface area (Å²) in [6.07, 6.45) is 3.90. The second-order valence-electron chi connectivity index (χ2n) is 7.16. The van der Waals surface area contributed by atoms with E-state index in [4.69, 9.17) is 0 Å². The van der Waals surface area contributed by atoms with Gasteiger partial charge < -0.3 is 10.2 Å². The van der Waals surface area contributed by atoms with Crippen molar-refractivity contribution >= 4 is 5.91 Å². The average Bonchev–Trinajstić information content (AvgIpc) is 3.12. The number of hydrogen-bond acceptors (Lipinski definition) is 3. The molecule has 0 aliphatic carbocycles. The third kappa shape index (κ3) is 5.30. The molecule has 28 heavy (non-hydrogen) atoms. The van der Waals surface area contributed by atoms with Crippen molar-refractivity contribution in [2.75, 3.05) is 27.2 Å². The van der Waals surface area contributed by atoms with Gasteiger partial charge in [-0.3, -0.25) is 9.48 Å². The van der Waals surface area contributed by atoms with Gasteiger partial charge in [-0.1, -0.05) is 60.7 Å². The molecule has 5 heteroatoms. The van der Waals surface area contributed by atoms with Crippen LogP contribution in [-0.2, 0) is 11.3 Å². The van der Waals surface area contributed by atoms with Crippen LogP contribution < -0.4 is 5.32 Å². The van der Waals surface area contributed by atoms with Gasteiger partial charge in [0.05, 0.1) is 11.9 Å². The molecule has 1 amide bonds. The fourth-order valence-electron chi connectivity index (χ4n) is 3.21. The molecule has 0 saturated heterocycles.